The minimum atomic E-state index is -0.719. The lowest BCUT2D eigenvalue weighted by Gasteiger charge is -2.08. The zero-order valence-corrected chi connectivity index (χ0v) is 18.1. The van der Waals surface area contributed by atoms with Gasteiger partial charge in [0.05, 0.1) is 10.7 Å². The highest BCUT2D eigenvalue weighted by Crippen LogP contribution is 2.34. The molecule has 0 unspecified atom stereocenters. The minimum absolute atomic E-state index is 0.326. The van der Waals surface area contributed by atoms with Gasteiger partial charge in [0.15, 0.2) is 6.61 Å². The first-order valence-corrected chi connectivity index (χ1v) is 10.4. The van der Waals surface area contributed by atoms with Crippen LogP contribution in [-0.4, -0.2) is 30.9 Å². The molecule has 6 nitrogen and oxygen atoms in total. The molecule has 28 heavy (non-hydrogen) atoms. The predicted octanol–water partition coefficient (Wildman–Crippen LogP) is 4.07. The standard InChI is InChI=1S/C19H14ClIN2O4S/c20-17-11-5-1-4-8-14(11)28-18(17)19(26)22-9-16(25)27-10-15(24)23-13-7-3-2-6-12(13)21/h1-8H,9-10H2,(H,22,26)(H,23,24). The lowest BCUT2D eigenvalue weighted by molar-refractivity contribution is -0.146. The molecule has 3 aromatic rings. The molecule has 2 N–H and O–H groups in total. The van der Waals surface area contributed by atoms with E-state index < -0.39 is 24.4 Å². The van der Waals surface area contributed by atoms with Gasteiger partial charge in [0.1, 0.15) is 11.4 Å². The van der Waals surface area contributed by atoms with Crippen molar-refractivity contribution >= 4 is 79.1 Å². The Hall–Kier alpha value is -2.17. The number of esters is 1. The number of hydrogen-bond donors (Lipinski definition) is 2. The van der Waals surface area contributed by atoms with Gasteiger partial charge >= 0.3 is 5.97 Å². The molecule has 0 spiro atoms. The number of ether oxygens (including phenoxy) is 1. The molecule has 0 aliphatic carbocycles. The van der Waals surface area contributed by atoms with Gasteiger partial charge in [0, 0.05) is 13.7 Å². The normalized spacial score (nSPS) is 10.5. The predicted molar refractivity (Wildman–Crippen MR) is 118 cm³/mol. The Morgan fingerprint density at radius 2 is 1.79 bits per heavy atom. The van der Waals surface area contributed by atoms with E-state index in [2.05, 4.69) is 33.2 Å². The molecule has 0 fully saturated rings. The summed E-state index contributed by atoms with van der Waals surface area (Å²) in [5.41, 5.74) is 0.636. The Morgan fingerprint density at radius 3 is 2.54 bits per heavy atom. The molecule has 0 saturated carbocycles. The number of rotatable bonds is 6. The summed E-state index contributed by atoms with van der Waals surface area (Å²) in [5, 5.41) is 6.25. The molecule has 2 amide bonds. The van der Waals surface area contributed by atoms with Gasteiger partial charge in [-0.3, -0.25) is 14.4 Å². The Kier molecular flexibility index (Phi) is 6.87. The second-order valence-electron chi connectivity index (χ2n) is 5.61. The molecule has 0 atom stereocenters. The summed E-state index contributed by atoms with van der Waals surface area (Å²) < 4.78 is 6.64. The molecule has 0 bridgehead atoms. The quantitative estimate of drug-likeness (QED) is 0.373. The van der Waals surface area contributed by atoms with Crippen molar-refractivity contribution in [2.24, 2.45) is 0 Å². The number of fused-ring (bicyclic) bond motifs is 1. The van der Waals surface area contributed by atoms with Crippen molar-refractivity contribution in [3.05, 3.63) is 62.0 Å². The highest BCUT2D eigenvalue weighted by Gasteiger charge is 2.18. The maximum atomic E-state index is 12.3. The van der Waals surface area contributed by atoms with Crippen LogP contribution in [0.15, 0.2) is 48.5 Å². The van der Waals surface area contributed by atoms with Crippen LogP contribution in [-0.2, 0) is 14.3 Å². The van der Waals surface area contributed by atoms with Gasteiger partial charge in [0.2, 0.25) is 0 Å². The molecular weight excluding hydrogens is 515 g/mol. The number of thiophene rings is 1. The van der Waals surface area contributed by atoms with Crippen LogP contribution in [0.4, 0.5) is 5.69 Å². The van der Waals surface area contributed by atoms with Crippen molar-refractivity contribution in [3.63, 3.8) is 0 Å². The van der Waals surface area contributed by atoms with E-state index in [1.54, 1.807) is 12.1 Å². The van der Waals surface area contributed by atoms with E-state index in [0.29, 0.717) is 15.6 Å². The lowest BCUT2D eigenvalue weighted by atomic mass is 10.2. The Morgan fingerprint density at radius 1 is 1.07 bits per heavy atom. The third-order valence-electron chi connectivity index (χ3n) is 3.65. The van der Waals surface area contributed by atoms with Gasteiger partial charge in [-0.05, 0) is 40.8 Å². The molecule has 0 aliphatic heterocycles. The van der Waals surface area contributed by atoms with Crippen molar-refractivity contribution in [1.82, 2.24) is 5.32 Å². The summed E-state index contributed by atoms with van der Waals surface area (Å²) >= 11 is 9.57. The fraction of sp³-hybridized carbons (Fsp3) is 0.105. The maximum Gasteiger partial charge on any atom is 0.325 e. The molecule has 0 saturated heterocycles. The first kappa shape index (κ1) is 20.6. The topological polar surface area (TPSA) is 84.5 Å². The number of anilines is 1. The molecular formula is C19H14ClIN2O4S. The van der Waals surface area contributed by atoms with Crippen LogP contribution in [0.3, 0.4) is 0 Å². The lowest BCUT2D eigenvalue weighted by Crippen LogP contribution is -2.32. The van der Waals surface area contributed by atoms with Crippen molar-refractivity contribution in [3.8, 4) is 0 Å². The van der Waals surface area contributed by atoms with Crippen molar-refractivity contribution in [2.45, 2.75) is 0 Å². The second kappa shape index (κ2) is 9.35. The van der Waals surface area contributed by atoms with E-state index >= 15 is 0 Å². The number of benzene rings is 2. The molecule has 144 valence electrons. The van der Waals surface area contributed by atoms with Crippen LogP contribution < -0.4 is 10.6 Å². The second-order valence-corrected chi connectivity index (χ2v) is 8.21. The van der Waals surface area contributed by atoms with Crippen LogP contribution in [0.1, 0.15) is 9.67 Å². The zero-order valence-electron chi connectivity index (χ0n) is 14.3. The Balaban J connectivity index is 1.48. The number of halogens is 2. The highest BCUT2D eigenvalue weighted by molar-refractivity contribution is 14.1. The Labute approximate surface area is 183 Å². The molecule has 2 aromatic carbocycles. The van der Waals surface area contributed by atoms with Gasteiger partial charge in [-0.2, -0.15) is 0 Å². The molecule has 0 aliphatic rings. The summed E-state index contributed by atoms with van der Waals surface area (Å²) in [6.45, 7) is -0.803. The Bertz CT molecular complexity index is 1050. The van der Waals surface area contributed by atoms with Crippen molar-refractivity contribution in [2.75, 3.05) is 18.5 Å². The number of carbonyl (C=O) groups is 3. The summed E-state index contributed by atoms with van der Waals surface area (Å²) in [6, 6.07) is 14.6. The van der Waals surface area contributed by atoms with E-state index in [9.17, 15) is 14.4 Å². The van der Waals surface area contributed by atoms with Gasteiger partial charge in [0.25, 0.3) is 11.8 Å². The summed E-state index contributed by atoms with van der Waals surface area (Å²) in [7, 11) is 0. The maximum absolute atomic E-state index is 12.3. The number of nitrogens with one attached hydrogen (secondary N) is 2. The largest absolute Gasteiger partial charge is 0.454 e. The summed E-state index contributed by atoms with van der Waals surface area (Å²) in [5.74, 6) is -1.65. The van der Waals surface area contributed by atoms with E-state index in [1.807, 2.05) is 36.4 Å². The smallest absolute Gasteiger partial charge is 0.325 e. The van der Waals surface area contributed by atoms with Crippen molar-refractivity contribution < 1.29 is 19.1 Å². The molecule has 9 heteroatoms. The van der Waals surface area contributed by atoms with Crippen LogP contribution >= 0.6 is 45.5 Å². The number of amides is 2. The van der Waals surface area contributed by atoms with Crippen molar-refractivity contribution in [1.29, 1.82) is 0 Å². The van der Waals surface area contributed by atoms with E-state index in [4.69, 9.17) is 16.3 Å². The van der Waals surface area contributed by atoms with Gasteiger partial charge in [-0.25, -0.2) is 0 Å². The van der Waals surface area contributed by atoms with Crippen LogP contribution in [0.25, 0.3) is 10.1 Å². The fourth-order valence-electron chi connectivity index (χ4n) is 2.34. The average Bonchev–Trinajstić information content (AvgIpc) is 3.03. The average molecular weight is 529 g/mol. The molecule has 0 radical (unpaired) electrons. The third kappa shape index (κ3) is 5.00. The van der Waals surface area contributed by atoms with Gasteiger partial charge in [-0.1, -0.05) is 41.9 Å². The number of carbonyl (C=O) groups excluding carboxylic acids is 3. The molecule has 1 aromatic heterocycles. The van der Waals surface area contributed by atoms with Crippen LogP contribution in [0, 0.1) is 3.57 Å². The monoisotopic (exact) mass is 528 g/mol. The zero-order chi connectivity index (χ0) is 20.1. The van der Waals surface area contributed by atoms with Gasteiger partial charge < -0.3 is 15.4 Å². The first-order valence-electron chi connectivity index (χ1n) is 8.11. The van der Waals surface area contributed by atoms with Gasteiger partial charge in [-0.15, -0.1) is 11.3 Å². The summed E-state index contributed by atoms with van der Waals surface area (Å²) in [4.78, 5) is 36.3. The highest BCUT2D eigenvalue weighted by atomic mass is 127. The summed E-state index contributed by atoms with van der Waals surface area (Å²) in [6.07, 6.45) is 0. The number of para-hydroxylation sites is 1. The van der Waals surface area contributed by atoms with Crippen LogP contribution in [0.2, 0.25) is 5.02 Å². The molecule has 3 rings (SSSR count). The van der Waals surface area contributed by atoms with E-state index in [1.165, 1.54) is 11.3 Å². The van der Waals surface area contributed by atoms with Crippen LogP contribution in [0.5, 0.6) is 0 Å². The minimum Gasteiger partial charge on any atom is -0.454 e. The van der Waals surface area contributed by atoms with E-state index in [-0.39, 0.29) is 6.54 Å². The SMILES string of the molecule is O=C(COC(=O)CNC(=O)c1sc2ccccc2c1Cl)Nc1ccccc1I. The first-order chi connectivity index (χ1) is 13.5. The number of hydrogen-bond acceptors (Lipinski definition) is 5. The third-order valence-corrected chi connectivity index (χ3v) is 6.26. The molecule has 1 heterocycles. The fourth-order valence-corrected chi connectivity index (χ4v) is 4.29. The van der Waals surface area contributed by atoms with E-state index in [0.717, 1.165) is 13.7 Å².